The number of aliphatic imine (C=N–C) groups is 1. The summed E-state index contributed by atoms with van der Waals surface area (Å²) < 4.78 is 20.0. The van der Waals surface area contributed by atoms with Gasteiger partial charge in [0.1, 0.15) is 11.4 Å². The summed E-state index contributed by atoms with van der Waals surface area (Å²) in [6.07, 6.45) is -0.318. The van der Waals surface area contributed by atoms with E-state index in [1.807, 2.05) is 31.7 Å². The molecule has 1 fully saturated rings. The fourth-order valence-corrected chi connectivity index (χ4v) is 2.84. The molecule has 1 aromatic rings. The highest BCUT2D eigenvalue weighted by Crippen LogP contribution is 2.22. The lowest BCUT2D eigenvalue weighted by molar-refractivity contribution is 0.0240. The van der Waals surface area contributed by atoms with Gasteiger partial charge in [-0.1, -0.05) is 6.07 Å². The van der Waals surface area contributed by atoms with Crippen LogP contribution in [0.5, 0.6) is 0 Å². The average molecular weight is 507 g/mol. The molecule has 0 radical (unpaired) electrons. The number of ether oxygens (including phenoxy) is 1. The number of piperazine rings is 1. The van der Waals surface area contributed by atoms with Crippen molar-refractivity contribution in [2.24, 2.45) is 4.99 Å². The van der Waals surface area contributed by atoms with E-state index in [0.717, 1.165) is 5.56 Å². The first kappa shape index (κ1) is 24.3. The lowest BCUT2D eigenvalue weighted by Crippen LogP contribution is -2.50. The Labute approximate surface area is 183 Å². The standard InChI is InChI=1S/C19H30FN5O2.HI/c1-19(2,3)27-18(26)25-10-8-24(9-11-25)16-7-6-14(12-15(16)20)13-23-17(21-4)22-5;/h6-7,12H,8-11,13H2,1-5H3,(H2,21,22,23);1H. The summed E-state index contributed by atoms with van der Waals surface area (Å²) in [5, 5.41) is 6.02. The van der Waals surface area contributed by atoms with E-state index in [-0.39, 0.29) is 35.9 Å². The van der Waals surface area contributed by atoms with Gasteiger partial charge in [-0.2, -0.15) is 0 Å². The molecule has 7 nitrogen and oxygen atoms in total. The van der Waals surface area contributed by atoms with Crippen LogP contribution >= 0.6 is 24.0 Å². The molecule has 0 spiro atoms. The molecule has 0 aromatic heterocycles. The highest BCUT2D eigenvalue weighted by molar-refractivity contribution is 14.0. The third-order valence-corrected chi connectivity index (χ3v) is 4.20. The second-order valence-electron chi connectivity index (χ2n) is 7.42. The number of benzene rings is 1. The minimum Gasteiger partial charge on any atom is -0.444 e. The van der Waals surface area contributed by atoms with Gasteiger partial charge in [-0.15, -0.1) is 24.0 Å². The number of nitrogens with one attached hydrogen (secondary N) is 2. The molecule has 28 heavy (non-hydrogen) atoms. The number of amides is 1. The SMILES string of the molecule is CN=C(NC)NCc1ccc(N2CCN(C(=O)OC(C)(C)C)CC2)c(F)c1.I. The van der Waals surface area contributed by atoms with Gasteiger partial charge in [0.05, 0.1) is 5.69 Å². The molecule has 0 bridgehead atoms. The van der Waals surface area contributed by atoms with Crippen LogP contribution in [0.2, 0.25) is 0 Å². The molecule has 0 saturated carbocycles. The van der Waals surface area contributed by atoms with E-state index in [4.69, 9.17) is 4.74 Å². The van der Waals surface area contributed by atoms with Gasteiger partial charge in [0.2, 0.25) is 0 Å². The molecule has 1 aliphatic heterocycles. The van der Waals surface area contributed by atoms with Gasteiger partial charge in [-0.3, -0.25) is 4.99 Å². The number of carbonyl (C=O) groups excluding carboxylic acids is 1. The van der Waals surface area contributed by atoms with E-state index in [1.165, 1.54) is 6.07 Å². The highest BCUT2D eigenvalue weighted by atomic mass is 127. The Morgan fingerprint density at radius 1 is 1.25 bits per heavy atom. The number of carbonyl (C=O) groups is 1. The molecule has 1 amide bonds. The second-order valence-corrected chi connectivity index (χ2v) is 7.42. The van der Waals surface area contributed by atoms with E-state index in [2.05, 4.69) is 15.6 Å². The molecular weight excluding hydrogens is 476 g/mol. The van der Waals surface area contributed by atoms with Crippen LogP contribution in [0.25, 0.3) is 0 Å². The lowest BCUT2D eigenvalue weighted by atomic mass is 10.1. The smallest absolute Gasteiger partial charge is 0.410 e. The van der Waals surface area contributed by atoms with Crippen molar-refractivity contribution in [3.63, 3.8) is 0 Å². The zero-order chi connectivity index (χ0) is 20.0. The van der Waals surface area contributed by atoms with Crippen molar-refractivity contribution in [1.29, 1.82) is 0 Å². The molecule has 1 aromatic carbocycles. The van der Waals surface area contributed by atoms with Crippen LogP contribution in [0.1, 0.15) is 26.3 Å². The van der Waals surface area contributed by atoms with Gasteiger partial charge in [0.15, 0.2) is 5.96 Å². The van der Waals surface area contributed by atoms with Gasteiger partial charge >= 0.3 is 6.09 Å². The molecule has 0 aliphatic carbocycles. The number of rotatable bonds is 3. The molecule has 1 saturated heterocycles. The lowest BCUT2D eigenvalue weighted by Gasteiger charge is -2.36. The van der Waals surface area contributed by atoms with Gasteiger partial charge < -0.3 is 25.2 Å². The first-order valence-electron chi connectivity index (χ1n) is 9.13. The number of hydrogen-bond acceptors (Lipinski definition) is 4. The summed E-state index contributed by atoms with van der Waals surface area (Å²) in [4.78, 5) is 19.8. The minimum atomic E-state index is -0.514. The topological polar surface area (TPSA) is 69.2 Å². The number of anilines is 1. The van der Waals surface area contributed by atoms with Crippen molar-refractivity contribution < 1.29 is 13.9 Å². The maximum atomic E-state index is 14.6. The number of halogens is 2. The van der Waals surface area contributed by atoms with Crippen LogP contribution < -0.4 is 15.5 Å². The Kier molecular flexibility index (Phi) is 9.25. The molecule has 0 unspecified atom stereocenters. The maximum Gasteiger partial charge on any atom is 0.410 e. The van der Waals surface area contributed by atoms with Crippen LogP contribution in [0.3, 0.4) is 0 Å². The predicted molar refractivity (Wildman–Crippen MR) is 121 cm³/mol. The third kappa shape index (κ3) is 6.99. The Bertz CT molecular complexity index is 685. The number of hydrogen-bond donors (Lipinski definition) is 2. The van der Waals surface area contributed by atoms with Crippen LogP contribution in [-0.2, 0) is 11.3 Å². The Morgan fingerprint density at radius 2 is 1.89 bits per heavy atom. The summed E-state index contributed by atoms with van der Waals surface area (Å²) in [7, 11) is 3.45. The summed E-state index contributed by atoms with van der Waals surface area (Å²) in [6, 6.07) is 5.22. The van der Waals surface area contributed by atoms with Gasteiger partial charge in [0, 0.05) is 46.8 Å². The first-order chi connectivity index (χ1) is 12.7. The predicted octanol–water partition coefficient (Wildman–Crippen LogP) is 2.80. The fraction of sp³-hybridized carbons (Fsp3) is 0.579. The van der Waals surface area contributed by atoms with Crippen molar-refractivity contribution in [2.75, 3.05) is 45.2 Å². The maximum absolute atomic E-state index is 14.6. The normalized spacial score (nSPS) is 15.0. The summed E-state index contributed by atoms with van der Waals surface area (Å²) >= 11 is 0. The van der Waals surface area contributed by atoms with Crippen molar-refractivity contribution in [3.8, 4) is 0 Å². The van der Waals surface area contributed by atoms with Gasteiger partial charge in [-0.25, -0.2) is 9.18 Å². The van der Waals surface area contributed by atoms with Gasteiger partial charge in [0.25, 0.3) is 0 Å². The Balaban J connectivity index is 0.00000392. The molecular formula is C19H31FIN5O2. The largest absolute Gasteiger partial charge is 0.444 e. The minimum absolute atomic E-state index is 0. The number of guanidine groups is 1. The van der Waals surface area contributed by atoms with Crippen LogP contribution in [0, 0.1) is 5.82 Å². The van der Waals surface area contributed by atoms with Crippen LogP contribution in [0.15, 0.2) is 23.2 Å². The molecule has 2 rings (SSSR count). The summed E-state index contributed by atoms with van der Waals surface area (Å²) in [5.41, 5.74) is 0.875. The van der Waals surface area contributed by atoms with Crippen LogP contribution in [-0.4, -0.2) is 62.8 Å². The Morgan fingerprint density at radius 3 is 2.39 bits per heavy atom. The molecule has 1 aliphatic rings. The zero-order valence-corrected chi connectivity index (χ0v) is 19.5. The van der Waals surface area contributed by atoms with Gasteiger partial charge in [-0.05, 0) is 38.5 Å². The van der Waals surface area contributed by atoms with E-state index in [9.17, 15) is 9.18 Å². The molecule has 9 heteroatoms. The molecule has 0 atom stereocenters. The van der Waals surface area contributed by atoms with E-state index >= 15 is 0 Å². The van der Waals surface area contributed by atoms with E-state index in [1.54, 1.807) is 25.1 Å². The first-order valence-corrected chi connectivity index (χ1v) is 9.13. The monoisotopic (exact) mass is 507 g/mol. The third-order valence-electron chi connectivity index (χ3n) is 4.20. The highest BCUT2D eigenvalue weighted by Gasteiger charge is 2.26. The fourth-order valence-electron chi connectivity index (χ4n) is 2.84. The number of nitrogens with zero attached hydrogens (tertiary/aromatic N) is 3. The quantitative estimate of drug-likeness (QED) is 0.374. The zero-order valence-electron chi connectivity index (χ0n) is 17.2. The second kappa shape index (κ2) is 10.7. The summed E-state index contributed by atoms with van der Waals surface area (Å²) in [5.74, 6) is 0.386. The van der Waals surface area contributed by atoms with E-state index < -0.39 is 5.60 Å². The van der Waals surface area contributed by atoms with Crippen molar-refractivity contribution in [1.82, 2.24) is 15.5 Å². The van der Waals surface area contributed by atoms with E-state index in [0.29, 0.717) is 44.4 Å². The molecule has 2 N–H and O–H groups in total. The van der Waals surface area contributed by atoms with Crippen LogP contribution in [0.4, 0.5) is 14.9 Å². The van der Waals surface area contributed by atoms with Crippen molar-refractivity contribution >= 4 is 41.7 Å². The van der Waals surface area contributed by atoms with Crippen molar-refractivity contribution in [2.45, 2.75) is 32.9 Å². The molecule has 158 valence electrons. The average Bonchev–Trinajstić information content (AvgIpc) is 2.61. The molecule has 1 heterocycles. The summed E-state index contributed by atoms with van der Waals surface area (Å²) in [6.45, 7) is 8.18. The van der Waals surface area contributed by atoms with Crippen molar-refractivity contribution in [3.05, 3.63) is 29.6 Å². The Hall–Kier alpha value is -1.78.